The van der Waals surface area contributed by atoms with E-state index in [1.807, 2.05) is 0 Å². The van der Waals surface area contributed by atoms with Crippen molar-refractivity contribution in [2.24, 2.45) is 0 Å². The number of hydrogen-bond donors (Lipinski definition) is 0. The fourth-order valence-corrected chi connectivity index (χ4v) is 1.41. The zero-order chi connectivity index (χ0) is 8.39. The molecule has 0 bridgehead atoms. The predicted octanol–water partition coefficient (Wildman–Crippen LogP) is 2.07. The maximum Gasteiger partial charge on any atom is 0.126 e. The molecule has 2 heterocycles. The molecule has 1 atom stereocenters. The summed E-state index contributed by atoms with van der Waals surface area (Å²) in [6.07, 6.45) is 3.49. The maximum atomic E-state index is 12.7. The zero-order valence-corrected chi connectivity index (χ0v) is 6.66. The average Bonchev–Trinajstić information content (AvgIpc) is 2.56. The third-order valence-corrected chi connectivity index (χ3v) is 2.00. The Labute approximate surface area is 70.4 Å². The van der Waals surface area contributed by atoms with Gasteiger partial charge >= 0.3 is 0 Å². The van der Waals surface area contributed by atoms with Crippen LogP contribution in [0.25, 0.3) is 0 Å². The highest BCUT2D eigenvalue weighted by Crippen LogP contribution is 2.26. The lowest BCUT2D eigenvalue weighted by molar-refractivity contribution is 0.108. The molecule has 0 aliphatic carbocycles. The van der Waals surface area contributed by atoms with Crippen LogP contribution in [0.4, 0.5) is 4.39 Å². The minimum Gasteiger partial charge on any atom is -0.372 e. The molecule has 3 heteroatoms. The molecule has 1 aromatic heterocycles. The number of hydrogen-bond acceptors (Lipinski definition) is 2. The van der Waals surface area contributed by atoms with Crippen LogP contribution in [-0.2, 0) is 4.74 Å². The van der Waals surface area contributed by atoms with E-state index in [2.05, 4.69) is 4.98 Å². The molecular formula is C9H10FNO. The Hall–Kier alpha value is -0.960. The van der Waals surface area contributed by atoms with Crippen LogP contribution in [0.1, 0.15) is 24.6 Å². The largest absolute Gasteiger partial charge is 0.372 e. The first-order valence-electron chi connectivity index (χ1n) is 4.09. The second-order valence-electron chi connectivity index (χ2n) is 2.90. The molecule has 1 aromatic rings. The molecule has 0 radical (unpaired) electrons. The topological polar surface area (TPSA) is 22.1 Å². The van der Waals surface area contributed by atoms with Crippen molar-refractivity contribution < 1.29 is 9.13 Å². The van der Waals surface area contributed by atoms with Gasteiger partial charge in [-0.3, -0.25) is 4.98 Å². The molecular weight excluding hydrogens is 157 g/mol. The Kier molecular flexibility index (Phi) is 2.04. The molecule has 2 nitrogen and oxygen atoms in total. The first kappa shape index (κ1) is 7.68. The third kappa shape index (κ3) is 1.46. The molecule has 0 amide bonds. The van der Waals surface area contributed by atoms with E-state index in [0.717, 1.165) is 19.4 Å². The molecule has 1 aliphatic rings. The third-order valence-electron chi connectivity index (χ3n) is 2.00. The number of nitrogens with zero attached hydrogens (tertiary/aromatic N) is 1. The van der Waals surface area contributed by atoms with E-state index in [0.29, 0.717) is 5.69 Å². The Bertz CT molecular complexity index is 271. The van der Waals surface area contributed by atoms with Gasteiger partial charge in [0.15, 0.2) is 0 Å². The van der Waals surface area contributed by atoms with Gasteiger partial charge in [-0.05, 0) is 25.0 Å². The van der Waals surface area contributed by atoms with Gasteiger partial charge in [0.2, 0.25) is 0 Å². The van der Waals surface area contributed by atoms with Crippen LogP contribution < -0.4 is 0 Å². The number of pyridine rings is 1. The Morgan fingerprint density at radius 2 is 2.50 bits per heavy atom. The van der Waals surface area contributed by atoms with Crippen LogP contribution in [0.5, 0.6) is 0 Å². The molecule has 12 heavy (non-hydrogen) atoms. The standard InChI is InChI=1S/C9H10FNO/c10-7-3-4-11-8(6-7)9-2-1-5-12-9/h3-4,6,9H,1-2,5H2. The second-order valence-corrected chi connectivity index (χ2v) is 2.90. The highest BCUT2D eigenvalue weighted by atomic mass is 19.1. The quantitative estimate of drug-likeness (QED) is 0.638. The van der Waals surface area contributed by atoms with E-state index in [-0.39, 0.29) is 11.9 Å². The molecule has 1 unspecified atom stereocenters. The van der Waals surface area contributed by atoms with Gasteiger partial charge in [-0.2, -0.15) is 0 Å². The van der Waals surface area contributed by atoms with Gasteiger partial charge in [0, 0.05) is 12.8 Å². The van der Waals surface area contributed by atoms with Crippen LogP contribution in [0.15, 0.2) is 18.3 Å². The van der Waals surface area contributed by atoms with Crippen molar-refractivity contribution in [3.63, 3.8) is 0 Å². The van der Waals surface area contributed by atoms with E-state index in [4.69, 9.17) is 4.74 Å². The molecule has 2 rings (SSSR count). The molecule has 1 saturated heterocycles. The van der Waals surface area contributed by atoms with Crippen LogP contribution in [-0.4, -0.2) is 11.6 Å². The van der Waals surface area contributed by atoms with Crippen molar-refractivity contribution in [3.05, 3.63) is 29.8 Å². The van der Waals surface area contributed by atoms with Crippen molar-refractivity contribution >= 4 is 0 Å². The molecule has 64 valence electrons. The van der Waals surface area contributed by atoms with Gasteiger partial charge in [0.1, 0.15) is 5.82 Å². The lowest BCUT2D eigenvalue weighted by atomic mass is 10.1. The lowest BCUT2D eigenvalue weighted by Gasteiger charge is -2.07. The summed E-state index contributed by atoms with van der Waals surface area (Å²) >= 11 is 0. The van der Waals surface area contributed by atoms with Crippen LogP contribution in [0, 0.1) is 5.82 Å². The fourth-order valence-electron chi connectivity index (χ4n) is 1.41. The fraction of sp³-hybridized carbons (Fsp3) is 0.444. The SMILES string of the molecule is Fc1ccnc(C2CCCO2)c1. The molecule has 0 N–H and O–H groups in total. The normalized spacial score (nSPS) is 22.9. The van der Waals surface area contributed by atoms with Gasteiger partial charge in [-0.1, -0.05) is 0 Å². The minimum absolute atomic E-state index is 0.0145. The average molecular weight is 167 g/mol. The Morgan fingerprint density at radius 1 is 1.58 bits per heavy atom. The van der Waals surface area contributed by atoms with Crippen molar-refractivity contribution in [2.75, 3.05) is 6.61 Å². The smallest absolute Gasteiger partial charge is 0.126 e. The number of halogens is 1. The molecule has 0 aromatic carbocycles. The van der Waals surface area contributed by atoms with E-state index in [1.54, 1.807) is 0 Å². The molecule has 0 spiro atoms. The van der Waals surface area contributed by atoms with Crippen molar-refractivity contribution in [2.45, 2.75) is 18.9 Å². The first-order chi connectivity index (χ1) is 5.86. The van der Waals surface area contributed by atoms with E-state index in [9.17, 15) is 4.39 Å². The molecule has 0 saturated carbocycles. The van der Waals surface area contributed by atoms with E-state index in [1.165, 1.54) is 18.3 Å². The van der Waals surface area contributed by atoms with Gasteiger partial charge < -0.3 is 4.74 Å². The summed E-state index contributed by atoms with van der Waals surface area (Å²) in [4.78, 5) is 4.06. The maximum absolute atomic E-state index is 12.7. The van der Waals surface area contributed by atoms with E-state index >= 15 is 0 Å². The number of aromatic nitrogens is 1. The molecule has 1 aliphatic heterocycles. The van der Waals surface area contributed by atoms with Crippen molar-refractivity contribution in [1.82, 2.24) is 4.98 Å². The van der Waals surface area contributed by atoms with Gasteiger partial charge in [-0.15, -0.1) is 0 Å². The van der Waals surface area contributed by atoms with Crippen molar-refractivity contribution in [1.29, 1.82) is 0 Å². The predicted molar refractivity (Wildman–Crippen MR) is 42.1 cm³/mol. The van der Waals surface area contributed by atoms with Gasteiger partial charge in [0.05, 0.1) is 11.8 Å². The summed E-state index contributed by atoms with van der Waals surface area (Å²) in [6.45, 7) is 0.767. The summed E-state index contributed by atoms with van der Waals surface area (Å²) in [5.41, 5.74) is 0.715. The molecule has 1 fully saturated rings. The van der Waals surface area contributed by atoms with Gasteiger partial charge in [0.25, 0.3) is 0 Å². The summed E-state index contributed by atoms with van der Waals surface area (Å²) in [5.74, 6) is -0.240. The van der Waals surface area contributed by atoms with Crippen molar-refractivity contribution in [3.8, 4) is 0 Å². The number of rotatable bonds is 1. The zero-order valence-electron chi connectivity index (χ0n) is 6.66. The second kappa shape index (κ2) is 3.19. The monoisotopic (exact) mass is 167 g/mol. The summed E-state index contributed by atoms with van der Waals surface area (Å²) < 4.78 is 18.1. The van der Waals surface area contributed by atoms with Gasteiger partial charge in [-0.25, -0.2) is 4.39 Å². The summed E-state index contributed by atoms with van der Waals surface area (Å²) in [6, 6.07) is 2.79. The van der Waals surface area contributed by atoms with Crippen LogP contribution in [0.2, 0.25) is 0 Å². The first-order valence-corrected chi connectivity index (χ1v) is 4.09. The lowest BCUT2D eigenvalue weighted by Crippen LogP contribution is -1.98. The summed E-state index contributed by atoms with van der Waals surface area (Å²) in [7, 11) is 0. The van der Waals surface area contributed by atoms with Crippen LogP contribution >= 0.6 is 0 Å². The van der Waals surface area contributed by atoms with Crippen LogP contribution in [0.3, 0.4) is 0 Å². The Morgan fingerprint density at radius 3 is 3.17 bits per heavy atom. The summed E-state index contributed by atoms with van der Waals surface area (Å²) in [5, 5.41) is 0. The Balaban J connectivity index is 2.21. The van der Waals surface area contributed by atoms with E-state index < -0.39 is 0 Å². The highest BCUT2D eigenvalue weighted by Gasteiger charge is 2.18. The number of ether oxygens (including phenoxy) is 1. The highest BCUT2D eigenvalue weighted by molar-refractivity contribution is 5.09. The minimum atomic E-state index is -0.240.